The van der Waals surface area contributed by atoms with Crippen molar-refractivity contribution in [3.63, 3.8) is 0 Å². The number of fused-ring (bicyclic) bond motifs is 1. The summed E-state index contributed by atoms with van der Waals surface area (Å²) >= 11 is 3.32. The Hall–Kier alpha value is -3.65. The van der Waals surface area contributed by atoms with Gasteiger partial charge in [0.25, 0.3) is 5.91 Å². The number of aromatic amines is 1. The van der Waals surface area contributed by atoms with Gasteiger partial charge in [-0.15, -0.1) is 0 Å². The minimum Gasteiger partial charge on any atom is -0.507 e. The molecule has 0 aliphatic heterocycles. The first kappa shape index (κ1) is 19.7. The molecule has 0 fully saturated rings. The Morgan fingerprint density at radius 3 is 2.87 bits per heavy atom. The van der Waals surface area contributed by atoms with Crippen LogP contribution in [0, 0.1) is 0 Å². The van der Waals surface area contributed by atoms with E-state index in [9.17, 15) is 9.90 Å². The van der Waals surface area contributed by atoms with E-state index in [1.54, 1.807) is 25.3 Å². The van der Waals surface area contributed by atoms with Gasteiger partial charge in [-0.1, -0.05) is 46.3 Å². The van der Waals surface area contributed by atoms with E-state index >= 15 is 0 Å². The van der Waals surface area contributed by atoms with Crippen LogP contribution in [0.15, 0.2) is 70.2 Å². The van der Waals surface area contributed by atoms with Crippen molar-refractivity contribution in [2.24, 2.45) is 5.10 Å². The highest BCUT2D eigenvalue weighted by Crippen LogP contribution is 2.36. The van der Waals surface area contributed by atoms with Gasteiger partial charge in [-0.05, 0) is 41.1 Å². The van der Waals surface area contributed by atoms with Crippen LogP contribution in [0.2, 0.25) is 0 Å². The minimum absolute atomic E-state index is 0.0584. The van der Waals surface area contributed by atoms with Crippen molar-refractivity contribution in [1.82, 2.24) is 15.6 Å². The van der Waals surface area contributed by atoms with E-state index in [0.717, 1.165) is 20.8 Å². The molecule has 0 spiro atoms. The van der Waals surface area contributed by atoms with Crippen molar-refractivity contribution in [3.05, 3.63) is 76.4 Å². The number of phenols is 1. The van der Waals surface area contributed by atoms with Gasteiger partial charge < -0.3 is 9.84 Å². The number of methoxy groups -OCH3 is 1. The average Bonchev–Trinajstić information content (AvgIpc) is 3.25. The second-order valence-corrected chi connectivity index (χ2v) is 7.35. The van der Waals surface area contributed by atoms with Crippen LogP contribution < -0.4 is 10.2 Å². The van der Waals surface area contributed by atoms with Crippen molar-refractivity contribution in [3.8, 4) is 22.8 Å². The van der Waals surface area contributed by atoms with Crippen LogP contribution in [0.4, 0.5) is 0 Å². The molecule has 4 aromatic rings. The van der Waals surface area contributed by atoms with Crippen LogP contribution in [0.25, 0.3) is 22.0 Å². The normalized spacial score (nSPS) is 11.1. The molecular formula is C22H17BrN4O3. The monoisotopic (exact) mass is 464 g/mol. The third-order valence-corrected chi connectivity index (χ3v) is 5.04. The van der Waals surface area contributed by atoms with Gasteiger partial charge in [0.15, 0.2) is 0 Å². The molecule has 1 amide bonds. The largest absolute Gasteiger partial charge is 0.507 e. The number of phenolic OH excluding ortho intramolecular Hbond substituents is 1. The first-order chi connectivity index (χ1) is 14.6. The van der Waals surface area contributed by atoms with Gasteiger partial charge in [-0.2, -0.15) is 10.2 Å². The fourth-order valence-corrected chi connectivity index (χ4v) is 3.48. The standard InChI is InChI=1S/C22H17BrN4O3/c1-30-20-9-6-13-4-2-3-5-16(13)21(20)17-11-18(26-25-17)22(29)27-24-12-14-10-15(23)7-8-19(14)28/h2-12,28H,1H3,(H,25,26)(H,27,29). The fraction of sp³-hybridized carbons (Fsp3) is 0.0455. The number of rotatable bonds is 5. The van der Waals surface area contributed by atoms with Crippen LogP contribution in [0.1, 0.15) is 16.1 Å². The number of hydrazone groups is 1. The van der Waals surface area contributed by atoms with Crippen molar-refractivity contribution in [2.45, 2.75) is 0 Å². The van der Waals surface area contributed by atoms with E-state index in [1.165, 1.54) is 12.3 Å². The van der Waals surface area contributed by atoms with Crippen LogP contribution in [0.3, 0.4) is 0 Å². The van der Waals surface area contributed by atoms with E-state index < -0.39 is 5.91 Å². The zero-order valence-electron chi connectivity index (χ0n) is 15.9. The number of hydrogen-bond donors (Lipinski definition) is 3. The average molecular weight is 465 g/mol. The first-order valence-corrected chi connectivity index (χ1v) is 9.79. The predicted molar refractivity (Wildman–Crippen MR) is 119 cm³/mol. The number of nitrogens with one attached hydrogen (secondary N) is 2. The lowest BCUT2D eigenvalue weighted by atomic mass is 10.0. The zero-order chi connectivity index (χ0) is 21.1. The SMILES string of the molecule is COc1ccc2ccccc2c1-c1cc(C(=O)NN=Cc2cc(Br)ccc2O)[nH]n1. The summed E-state index contributed by atoms with van der Waals surface area (Å²) in [5, 5.41) is 22.8. The van der Waals surface area contributed by atoms with Gasteiger partial charge >= 0.3 is 0 Å². The Morgan fingerprint density at radius 1 is 1.20 bits per heavy atom. The van der Waals surface area contributed by atoms with Crippen LogP contribution in [0.5, 0.6) is 11.5 Å². The van der Waals surface area contributed by atoms with Gasteiger partial charge in [0, 0.05) is 10.0 Å². The maximum absolute atomic E-state index is 12.5. The number of carbonyl (C=O) groups is 1. The molecule has 3 N–H and O–H groups in total. The lowest BCUT2D eigenvalue weighted by Crippen LogP contribution is -2.18. The molecule has 0 atom stereocenters. The van der Waals surface area contributed by atoms with Gasteiger partial charge in [-0.25, -0.2) is 5.43 Å². The molecule has 150 valence electrons. The summed E-state index contributed by atoms with van der Waals surface area (Å²) in [6, 6.07) is 18.3. The van der Waals surface area contributed by atoms with E-state index in [0.29, 0.717) is 17.0 Å². The molecule has 0 aliphatic rings. The Bertz CT molecular complexity index is 1270. The summed E-state index contributed by atoms with van der Waals surface area (Å²) in [6.45, 7) is 0. The molecule has 7 nitrogen and oxygen atoms in total. The molecule has 0 saturated heterocycles. The number of aromatic nitrogens is 2. The highest BCUT2D eigenvalue weighted by atomic mass is 79.9. The Balaban J connectivity index is 1.59. The van der Waals surface area contributed by atoms with Crippen LogP contribution in [-0.2, 0) is 0 Å². The summed E-state index contributed by atoms with van der Waals surface area (Å²) in [4.78, 5) is 12.5. The van der Waals surface area contributed by atoms with Gasteiger partial charge in [-0.3, -0.25) is 9.89 Å². The summed E-state index contributed by atoms with van der Waals surface area (Å²) in [5.74, 6) is 0.261. The zero-order valence-corrected chi connectivity index (χ0v) is 17.5. The Kier molecular flexibility index (Phi) is 5.49. The van der Waals surface area contributed by atoms with Crippen molar-refractivity contribution in [2.75, 3.05) is 7.11 Å². The second kappa shape index (κ2) is 8.38. The second-order valence-electron chi connectivity index (χ2n) is 6.43. The summed E-state index contributed by atoms with van der Waals surface area (Å²) in [7, 11) is 1.60. The lowest BCUT2D eigenvalue weighted by Gasteiger charge is -2.09. The van der Waals surface area contributed by atoms with E-state index in [-0.39, 0.29) is 11.4 Å². The van der Waals surface area contributed by atoms with E-state index in [2.05, 4.69) is 36.7 Å². The highest BCUT2D eigenvalue weighted by Gasteiger charge is 2.16. The number of amides is 1. The predicted octanol–water partition coefficient (Wildman–Crippen LogP) is 4.47. The number of H-pyrrole nitrogens is 1. The number of benzene rings is 3. The molecule has 1 heterocycles. The molecule has 3 aromatic carbocycles. The summed E-state index contributed by atoms with van der Waals surface area (Å²) in [6.07, 6.45) is 1.36. The molecule has 8 heteroatoms. The Morgan fingerprint density at radius 2 is 2.03 bits per heavy atom. The molecule has 30 heavy (non-hydrogen) atoms. The lowest BCUT2D eigenvalue weighted by molar-refractivity contribution is 0.0950. The number of halogens is 1. The van der Waals surface area contributed by atoms with Crippen LogP contribution >= 0.6 is 15.9 Å². The van der Waals surface area contributed by atoms with E-state index in [1.807, 2.05) is 36.4 Å². The molecule has 1 aromatic heterocycles. The number of aromatic hydroxyl groups is 1. The number of hydrogen-bond acceptors (Lipinski definition) is 5. The molecule has 0 radical (unpaired) electrons. The quantitative estimate of drug-likeness (QED) is 0.299. The summed E-state index contributed by atoms with van der Waals surface area (Å²) in [5.41, 5.74) is 4.53. The first-order valence-electron chi connectivity index (χ1n) is 9.00. The van der Waals surface area contributed by atoms with Gasteiger partial charge in [0.1, 0.15) is 17.2 Å². The summed E-state index contributed by atoms with van der Waals surface area (Å²) < 4.78 is 6.29. The maximum atomic E-state index is 12.5. The third-order valence-electron chi connectivity index (χ3n) is 4.55. The van der Waals surface area contributed by atoms with Crippen LogP contribution in [-0.4, -0.2) is 34.5 Å². The smallest absolute Gasteiger partial charge is 0.289 e. The molecule has 0 bridgehead atoms. The topological polar surface area (TPSA) is 99.6 Å². The van der Waals surface area contributed by atoms with Crippen molar-refractivity contribution in [1.29, 1.82) is 0 Å². The number of nitrogens with zero attached hydrogens (tertiary/aromatic N) is 2. The molecule has 0 unspecified atom stereocenters. The highest BCUT2D eigenvalue weighted by molar-refractivity contribution is 9.10. The molecule has 4 rings (SSSR count). The van der Waals surface area contributed by atoms with Gasteiger partial charge in [0.05, 0.1) is 24.6 Å². The minimum atomic E-state index is -0.460. The fourth-order valence-electron chi connectivity index (χ4n) is 3.10. The Labute approximate surface area is 180 Å². The van der Waals surface area contributed by atoms with Gasteiger partial charge in [0.2, 0.25) is 0 Å². The molecule has 0 saturated carbocycles. The van der Waals surface area contributed by atoms with E-state index in [4.69, 9.17) is 4.74 Å². The number of ether oxygens (including phenoxy) is 1. The van der Waals surface area contributed by atoms with Crippen molar-refractivity contribution < 1.29 is 14.6 Å². The third kappa shape index (κ3) is 3.90. The molecular weight excluding hydrogens is 448 g/mol. The molecule has 0 aliphatic carbocycles. The number of carbonyl (C=O) groups excluding carboxylic acids is 1. The van der Waals surface area contributed by atoms with Crippen molar-refractivity contribution >= 4 is 38.8 Å². The maximum Gasteiger partial charge on any atom is 0.289 e.